The van der Waals surface area contributed by atoms with Gasteiger partial charge in [0, 0.05) is 41.7 Å². The minimum Gasteiger partial charge on any atom is -0.457 e. The highest BCUT2D eigenvalue weighted by Gasteiger charge is 2.45. The van der Waals surface area contributed by atoms with E-state index in [2.05, 4.69) is 132 Å². The van der Waals surface area contributed by atoms with Crippen LogP contribution < -0.4 is 25.3 Å². The zero-order valence-electron chi connectivity index (χ0n) is 29.4. The van der Waals surface area contributed by atoms with Crippen molar-refractivity contribution >= 4 is 92.4 Å². The number of anilines is 3. The lowest BCUT2D eigenvalue weighted by Gasteiger charge is -2.39. The van der Waals surface area contributed by atoms with Crippen LogP contribution in [0.2, 0.25) is 0 Å². The van der Waals surface area contributed by atoms with E-state index in [9.17, 15) is 0 Å². The Labute approximate surface area is 297 Å². The molecule has 0 bridgehead atoms. The van der Waals surface area contributed by atoms with Gasteiger partial charge in [-0.05, 0) is 112 Å². The molecule has 5 aromatic carbocycles. The molecule has 0 saturated heterocycles. The Balaban J connectivity index is 1.27. The number of benzene rings is 5. The second-order valence-corrected chi connectivity index (χ2v) is 18.6. The Kier molecular flexibility index (Phi) is 6.10. The van der Waals surface area contributed by atoms with E-state index >= 15 is 0 Å². The van der Waals surface area contributed by atoms with Crippen molar-refractivity contribution < 1.29 is 4.74 Å². The van der Waals surface area contributed by atoms with Crippen LogP contribution in [-0.2, 0) is 23.7 Å². The molecule has 0 N–H and O–H groups in total. The van der Waals surface area contributed by atoms with Crippen molar-refractivity contribution in [3.63, 3.8) is 0 Å². The highest BCUT2D eigenvalue weighted by atomic mass is 32.1. The molecule has 5 heteroatoms. The van der Waals surface area contributed by atoms with Crippen LogP contribution >= 0.6 is 22.7 Å². The van der Waals surface area contributed by atoms with Gasteiger partial charge in [0.15, 0.2) is 0 Å². The van der Waals surface area contributed by atoms with Gasteiger partial charge >= 0.3 is 0 Å². The molecule has 0 spiro atoms. The molecule has 3 aliphatic rings. The monoisotopic (exact) mass is 673 g/mol. The molecule has 242 valence electrons. The quantitative estimate of drug-likeness (QED) is 0.161. The Morgan fingerprint density at radius 1 is 0.714 bits per heavy atom. The van der Waals surface area contributed by atoms with Crippen LogP contribution in [0.25, 0.3) is 30.3 Å². The lowest BCUT2D eigenvalue weighted by Crippen LogP contribution is -2.58. The van der Waals surface area contributed by atoms with Gasteiger partial charge in [-0.15, -0.1) is 22.7 Å². The molecular formula is C44H40BNOS2. The first kappa shape index (κ1) is 29.8. The summed E-state index contributed by atoms with van der Waals surface area (Å²) in [7, 11) is 0. The van der Waals surface area contributed by atoms with E-state index < -0.39 is 0 Å². The molecule has 1 aliphatic carbocycles. The number of fused-ring (bicyclic) bond motifs is 12. The first-order chi connectivity index (χ1) is 23.5. The maximum atomic E-state index is 7.16. The van der Waals surface area contributed by atoms with Crippen LogP contribution in [0.4, 0.5) is 17.1 Å². The summed E-state index contributed by atoms with van der Waals surface area (Å²) < 4.78 is 12.7. The van der Waals surface area contributed by atoms with Crippen LogP contribution in [-0.4, -0.2) is 6.71 Å². The van der Waals surface area contributed by atoms with E-state index in [-0.39, 0.29) is 17.5 Å². The number of ether oxygens (including phenoxy) is 1. The number of nitrogens with zero attached hydrogens (tertiary/aromatic N) is 1. The first-order valence-electron chi connectivity index (χ1n) is 17.8. The Morgan fingerprint density at radius 3 is 2.22 bits per heavy atom. The highest BCUT2D eigenvalue weighted by Crippen LogP contribution is 2.50. The summed E-state index contributed by atoms with van der Waals surface area (Å²) in [5.74, 6) is 2.05. The van der Waals surface area contributed by atoms with E-state index in [4.69, 9.17) is 4.74 Å². The lowest BCUT2D eigenvalue weighted by atomic mass is 9.37. The molecule has 2 aliphatic heterocycles. The van der Waals surface area contributed by atoms with Gasteiger partial charge in [0.1, 0.15) is 11.5 Å². The number of rotatable bonds is 1. The predicted octanol–water partition coefficient (Wildman–Crippen LogP) is 11.1. The SMILES string of the molecule is Cc1cc2c3c(c1)N(c1ccc(C(C)(C)C)cc1)c1c(sc4ccc(C(C)(C)C)cc14)B3c1ccc3c(sc4c5c(ccc43)CCC5)c1O2. The zero-order valence-corrected chi connectivity index (χ0v) is 31.0. The molecule has 0 unspecified atom stereocenters. The Hall–Kier alpha value is -4.06. The van der Waals surface area contributed by atoms with Gasteiger partial charge in [0.2, 0.25) is 0 Å². The van der Waals surface area contributed by atoms with Crippen molar-refractivity contribution in [2.45, 2.75) is 78.6 Å². The van der Waals surface area contributed by atoms with Crippen LogP contribution in [0, 0.1) is 6.92 Å². The maximum absolute atomic E-state index is 7.16. The highest BCUT2D eigenvalue weighted by molar-refractivity contribution is 7.34. The first-order valence-corrected chi connectivity index (χ1v) is 19.4. The smallest absolute Gasteiger partial charge is 0.268 e. The summed E-state index contributed by atoms with van der Waals surface area (Å²) in [6.45, 7) is 16.2. The van der Waals surface area contributed by atoms with Crippen molar-refractivity contribution in [3.05, 3.63) is 107 Å². The topological polar surface area (TPSA) is 12.5 Å². The average molecular weight is 674 g/mol. The van der Waals surface area contributed by atoms with E-state index in [1.807, 2.05) is 22.7 Å². The predicted molar refractivity (Wildman–Crippen MR) is 215 cm³/mol. The van der Waals surface area contributed by atoms with Crippen LogP contribution in [0.1, 0.15) is 75.8 Å². The minimum atomic E-state index is 0.0523. The van der Waals surface area contributed by atoms with Crippen molar-refractivity contribution in [2.75, 3.05) is 4.90 Å². The maximum Gasteiger partial charge on any atom is 0.268 e. The molecule has 0 atom stereocenters. The largest absolute Gasteiger partial charge is 0.457 e. The molecule has 2 aromatic heterocycles. The summed E-state index contributed by atoms with van der Waals surface area (Å²) in [6, 6.07) is 30.6. The Bertz CT molecular complexity index is 2540. The zero-order chi connectivity index (χ0) is 33.6. The fourth-order valence-electron chi connectivity index (χ4n) is 8.63. The van der Waals surface area contributed by atoms with Crippen molar-refractivity contribution in [2.24, 2.45) is 0 Å². The molecule has 2 nitrogen and oxygen atoms in total. The lowest BCUT2D eigenvalue weighted by molar-refractivity contribution is 0.493. The third-order valence-corrected chi connectivity index (χ3v) is 13.7. The molecule has 10 rings (SSSR count). The van der Waals surface area contributed by atoms with Gasteiger partial charge < -0.3 is 9.64 Å². The van der Waals surface area contributed by atoms with Gasteiger partial charge in [0.25, 0.3) is 6.71 Å². The van der Waals surface area contributed by atoms with Gasteiger partial charge in [-0.2, -0.15) is 0 Å². The number of hydrogen-bond acceptors (Lipinski definition) is 4. The van der Waals surface area contributed by atoms with E-state index in [1.165, 1.54) is 105 Å². The third kappa shape index (κ3) is 4.25. The van der Waals surface area contributed by atoms with Gasteiger partial charge in [-0.1, -0.05) is 84.0 Å². The van der Waals surface area contributed by atoms with Crippen molar-refractivity contribution in [1.29, 1.82) is 0 Å². The second kappa shape index (κ2) is 10.0. The van der Waals surface area contributed by atoms with Gasteiger partial charge in [-0.3, -0.25) is 0 Å². The van der Waals surface area contributed by atoms with E-state index in [1.54, 1.807) is 5.56 Å². The molecule has 7 aromatic rings. The summed E-state index contributed by atoms with van der Waals surface area (Å²) in [5.41, 5.74) is 13.5. The standard InChI is InChI=1S/C44H40BNOS2/c1-24-21-34-37-35(22-24)47-39-33(19-18-31-30-17-11-25-9-8-10-29(25)40(30)49-41(31)39)45(37)42-38(32-23-27(44(5,6)7)14-20-36(32)48-42)46(34)28-15-12-26(13-16-28)43(2,3)4/h11-23H,8-10H2,1-7H3. The summed E-state index contributed by atoms with van der Waals surface area (Å²) in [4.78, 5) is 2.55. The van der Waals surface area contributed by atoms with Crippen LogP contribution in [0.3, 0.4) is 0 Å². The average Bonchev–Trinajstić information content (AvgIpc) is 3.79. The van der Waals surface area contributed by atoms with Gasteiger partial charge in [-0.25, -0.2) is 0 Å². The molecule has 4 heterocycles. The fraction of sp³-hybridized carbons (Fsp3) is 0.273. The van der Waals surface area contributed by atoms with Crippen molar-refractivity contribution in [3.8, 4) is 11.5 Å². The number of thiophene rings is 2. The van der Waals surface area contributed by atoms with Gasteiger partial charge in [0.05, 0.1) is 10.4 Å². The van der Waals surface area contributed by atoms with E-state index in [0.717, 1.165) is 11.5 Å². The number of hydrogen-bond donors (Lipinski definition) is 0. The fourth-order valence-corrected chi connectivity index (χ4v) is 11.3. The molecule has 0 fully saturated rings. The minimum absolute atomic E-state index is 0.0523. The third-order valence-electron chi connectivity index (χ3n) is 11.2. The second-order valence-electron chi connectivity index (χ2n) is 16.5. The van der Waals surface area contributed by atoms with Crippen LogP contribution in [0.5, 0.6) is 11.5 Å². The molecule has 0 saturated carbocycles. The van der Waals surface area contributed by atoms with Crippen molar-refractivity contribution in [1.82, 2.24) is 0 Å². The van der Waals surface area contributed by atoms with Crippen LogP contribution in [0.15, 0.2) is 78.9 Å². The summed E-state index contributed by atoms with van der Waals surface area (Å²) in [5, 5.41) is 4.05. The molecule has 49 heavy (non-hydrogen) atoms. The van der Waals surface area contributed by atoms with E-state index in [0.29, 0.717) is 0 Å². The Morgan fingerprint density at radius 2 is 1.45 bits per heavy atom. The molecule has 0 amide bonds. The summed E-state index contributed by atoms with van der Waals surface area (Å²) >= 11 is 3.92. The number of aryl methyl sites for hydroxylation is 3. The summed E-state index contributed by atoms with van der Waals surface area (Å²) in [6.07, 6.45) is 3.65. The molecular weight excluding hydrogens is 633 g/mol. The molecule has 0 radical (unpaired) electrons. The normalized spacial score (nSPS) is 15.1.